The maximum Gasteiger partial charge on any atom is 0.191 e. The van der Waals surface area contributed by atoms with E-state index in [0.717, 1.165) is 21.6 Å². The Morgan fingerprint density at radius 3 is 3.00 bits per heavy atom. The molecular weight excluding hydrogens is 308 g/mol. The Morgan fingerprint density at radius 2 is 2.25 bits per heavy atom. The van der Waals surface area contributed by atoms with Crippen LogP contribution in [0.25, 0.3) is 10.6 Å². The summed E-state index contributed by atoms with van der Waals surface area (Å²) in [5.74, 6) is 0.825. The van der Waals surface area contributed by atoms with Gasteiger partial charge in [-0.25, -0.2) is 4.98 Å². The van der Waals surface area contributed by atoms with Crippen molar-refractivity contribution in [3.8, 4) is 10.6 Å². The van der Waals surface area contributed by atoms with Gasteiger partial charge in [0.05, 0.1) is 5.69 Å². The number of thioether (sulfide) groups is 1. The molecule has 3 heterocycles. The zero-order chi connectivity index (χ0) is 13.9. The highest BCUT2D eigenvalue weighted by atomic mass is 32.2. The minimum Gasteiger partial charge on any atom is -0.306 e. The quantitative estimate of drug-likeness (QED) is 0.656. The third-order valence-corrected chi connectivity index (χ3v) is 5.38. The van der Waals surface area contributed by atoms with E-state index < -0.39 is 0 Å². The predicted octanol–water partition coefficient (Wildman–Crippen LogP) is 4.34. The van der Waals surface area contributed by atoms with Crippen molar-refractivity contribution in [2.24, 2.45) is 0 Å². The molecule has 0 fully saturated rings. The molecule has 0 unspecified atom stereocenters. The molecule has 0 amide bonds. The average molecular weight is 322 g/mol. The maximum absolute atomic E-state index is 4.67. The molecular formula is C13H14N4S3. The minimum absolute atomic E-state index is 0.379. The van der Waals surface area contributed by atoms with Crippen LogP contribution in [0.3, 0.4) is 0 Å². The van der Waals surface area contributed by atoms with Gasteiger partial charge in [0, 0.05) is 28.1 Å². The van der Waals surface area contributed by atoms with Crippen LogP contribution < -0.4 is 0 Å². The first-order valence-electron chi connectivity index (χ1n) is 6.23. The zero-order valence-electron chi connectivity index (χ0n) is 11.2. The summed E-state index contributed by atoms with van der Waals surface area (Å²) >= 11 is 5.08. The number of nitrogens with zero attached hydrogens (tertiary/aromatic N) is 4. The topological polar surface area (TPSA) is 43.6 Å². The molecule has 3 aromatic heterocycles. The highest BCUT2D eigenvalue weighted by molar-refractivity contribution is 7.98. The predicted molar refractivity (Wildman–Crippen MR) is 85.4 cm³/mol. The Morgan fingerprint density at radius 1 is 1.35 bits per heavy atom. The summed E-state index contributed by atoms with van der Waals surface area (Å²) in [6, 6.07) is 2.49. The largest absolute Gasteiger partial charge is 0.306 e. The fourth-order valence-electron chi connectivity index (χ4n) is 1.72. The molecule has 0 radical (unpaired) electrons. The van der Waals surface area contributed by atoms with Crippen molar-refractivity contribution in [2.45, 2.75) is 30.8 Å². The molecule has 0 N–H and O–H groups in total. The van der Waals surface area contributed by atoms with E-state index in [0.29, 0.717) is 6.04 Å². The van der Waals surface area contributed by atoms with Crippen LogP contribution in [0.15, 0.2) is 33.7 Å². The highest BCUT2D eigenvalue weighted by Crippen LogP contribution is 2.29. The van der Waals surface area contributed by atoms with Crippen LogP contribution in [-0.4, -0.2) is 19.7 Å². The first kappa shape index (κ1) is 13.8. The summed E-state index contributed by atoms with van der Waals surface area (Å²) in [7, 11) is 0. The number of thiazole rings is 1. The molecule has 0 aliphatic heterocycles. The van der Waals surface area contributed by atoms with E-state index in [9.17, 15) is 0 Å². The Bertz CT molecular complexity index is 669. The van der Waals surface area contributed by atoms with Crippen LogP contribution in [-0.2, 0) is 5.75 Å². The molecule has 0 aliphatic rings. The zero-order valence-corrected chi connectivity index (χ0v) is 13.6. The molecule has 0 saturated carbocycles. The van der Waals surface area contributed by atoms with E-state index in [-0.39, 0.29) is 0 Å². The van der Waals surface area contributed by atoms with E-state index in [4.69, 9.17) is 0 Å². The molecule has 7 heteroatoms. The smallest absolute Gasteiger partial charge is 0.191 e. The van der Waals surface area contributed by atoms with E-state index in [2.05, 4.69) is 55.8 Å². The van der Waals surface area contributed by atoms with Gasteiger partial charge < -0.3 is 4.57 Å². The van der Waals surface area contributed by atoms with Gasteiger partial charge in [-0.05, 0) is 25.3 Å². The van der Waals surface area contributed by atoms with Gasteiger partial charge in [0.25, 0.3) is 0 Å². The van der Waals surface area contributed by atoms with E-state index >= 15 is 0 Å². The number of rotatable bonds is 5. The van der Waals surface area contributed by atoms with Crippen molar-refractivity contribution in [1.82, 2.24) is 19.7 Å². The van der Waals surface area contributed by atoms with E-state index in [1.807, 2.05) is 0 Å². The Labute approximate surface area is 129 Å². The van der Waals surface area contributed by atoms with Crippen LogP contribution in [0, 0.1) is 0 Å². The van der Waals surface area contributed by atoms with Crippen LogP contribution in [0.2, 0.25) is 0 Å². The molecule has 0 atom stereocenters. The van der Waals surface area contributed by atoms with Gasteiger partial charge in [-0.15, -0.1) is 21.5 Å². The van der Waals surface area contributed by atoms with Gasteiger partial charge in [0.15, 0.2) is 5.16 Å². The lowest BCUT2D eigenvalue weighted by molar-refractivity contribution is 0.549. The lowest BCUT2D eigenvalue weighted by Gasteiger charge is -2.08. The number of hydrogen-bond donors (Lipinski definition) is 0. The second-order valence-corrected chi connectivity index (χ2v) is 7.14. The van der Waals surface area contributed by atoms with Crippen LogP contribution in [0.4, 0.5) is 0 Å². The van der Waals surface area contributed by atoms with Gasteiger partial charge in [-0.1, -0.05) is 11.8 Å². The standard InChI is InChI=1S/C13H14N4S3/c1-9(2)17-8-14-16-13(17)20-7-11-6-19-12(15-11)10-3-4-18-5-10/h3-6,8-9H,7H2,1-2H3. The van der Waals surface area contributed by atoms with Crippen molar-refractivity contribution < 1.29 is 0 Å². The minimum atomic E-state index is 0.379. The Kier molecular flexibility index (Phi) is 4.18. The summed E-state index contributed by atoms with van der Waals surface area (Å²) in [6.07, 6.45) is 1.78. The maximum atomic E-state index is 4.67. The lowest BCUT2D eigenvalue weighted by Crippen LogP contribution is -2.00. The lowest BCUT2D eigenvalue weighted by atomic mass is 10.4. The van der Waals surface area contributed by atoms with Crippen LogP contribution in [0.1, 0.15) is 25.6 Å². The summed E-state index contributed by atoms with van der Waals surface area (Å²) in [4.78, 5) is 4.67. The number of thiophene rings is 1. The van der Waals surface area contributed by atoms with Gasteiger partial charge >= 0.3 is 0 Å². The van der Waals surface area contributed by atoms with Crippen molar-refractivity contribution in [3.05, 3.63) is 34.2 Å². The molecule has 0 aromatic carbocycles. The van der Waals surface area contributed by atoms with E-state index in [1.165, 1.54) is 5.56 Å². The van der Waals surface area contributed by atoms with Crippen LogP contribution in [0.5, 0.6) is 0 Å². The fourth-order valence-corrected chi connectivity index (χ4v) is 4.29. The Hall–Kier alpha value is -1.18. The highest BCUT2D eigenvalue weighted by Gasteiger charge is 2.10. The summed E-state index contributed by atoms with van der Waals surface area (Å²) in [6.45, 7) is 4.26. The van der Waals surface area contributed by atoms with E-state index in [1.54, 1.807) is 40.8 Å². The molecule has 3 rings (SSSR count). The van der Waals surface area contributed by atoms with Gasteiger partial charge in [-0.3, -0.25) is 0 Å². The fraction of sp³-hybridized carbons (Fsp3) is 0.308. The first-order valence-corrected chi connectivity index (χ1v) is 9.04. The third kappa shape index (κ3) is 2.94. The molecule has 20 heavy (non-hydrogen) atoms. The van der Waals surface area contributed by atoms with Crippen LogP contribution >= 0.6 is 34.4 Å². The monoisotopic (exact) mass is 322 g/mol. The molecule has 0 saturated heterocycles. The SMILES string of the molecule is CC(C)n1cnnc1SCc1csc(-c2ccsc2)n1. The van der Waals surface area contributed by atoms with Crippen molar-refractivity contribution in [2.75, 3.05) is 0 Å². The summed E-state index contributed by atoms with van der Waals surface area (Å²) in [5.41, 5.74) is 2.31. The number of hydrogen-bond acceptors (Lipinski definition) is 6. The number of aromatic nitrogens is 4. The van der Waals surface area contributed by atoms with Gasteiger partial charge in [0.2, 0.25) is 0 Å². The van der Waals surface area contributed by atoms with Gasteiger partial charge in [0.1, 0.15) is 11.3 Å². The molecule has 3 aromatic rings. The van der Waals surface area contributed by atoms with Crippen molar-refractivity contribution in [3.63, 3.8) is 0 Å². The molecule has 0 aliphatic carbocycles. The first-order chi connectivity index (χ1) is 9.74. The normalized spacial score (nSPS) is 11.3. The molecule has 104 valence electrons. The summed E-state index contributed by atoms with van der Waals surface area (Å²) in [5, 5.41) is 16.5. The molecule has 0 bridgehead atoms. The second-order valence-electron chi connectivity index (χ2n) is 4.56. The average Bonchev–Trinajstić information content (AvgIpc) is 3.16. The molecule has 4 nitrogen and oxygen atoms in total. The van der Waals surface area contributed by atoms with Crippen molar-refractivity contribution >= 4 is 34.4 Å². The van der Waals surface area contributed by atoms with Gasteiger partial charge in [-0.2, -0.15) is 11.3 Å². The Balaban J connectivity index is 1.68. The molecule has 0 spiro atoms. The summed E-state index contributed by atoms with van der Waals surface area (Å²) < 4.78 is 2.08. The second kappa shape index (κ2) is 6.07. The van der Waals surface area contributed by atoms with Crippen molar-refractivity contribution in [1.29, 1.82) is 0 Å². The third-order valence-electron chi connectivity index (χ3n) is 2.77.